The van der Waals surface area contributed by atoms with Gasteiger partial charge < -0.3 is 15.4 Å². The van der Waals surface area contributed by atoms with Crippen LogP contribution in [0.5, 0.6) is 0 Å². The molecule has 1 aromatic heterocycles. The smallest absolute Gasteiger partial charge is 0.339 e. The molecule has 1 heterocycles. The highest BCUT2D eigenvalue weighted by Gasteiger charge is 2.13. The minimum absolute atomic E-state index is 0.312. The van der Waals surface area contributed by atoms with Crippen molar-refractivity contribution in [3.63, 3.8) is 0 Å². The van der Waals surface area contributed by atoms with Crippen molar-refractivity contribution in [3.05, 3.63) is 41.2 Å². The number of benzene rings is 1. The van der Waals surface area contributed by atoms with Crippen LogP contribution in [0.4, 0.5) is 11.6 Å². The van der Waals surface area contributed by atoms with Crippen LogP contribution in [-0.2, 0) is 4.74 Å². The standard InChI is InChI=1S/C15H19N5O2/c1-10-9-20(15(16)18-10)17-8-11-5-6-13(19(2)3)12(7-11)14(21)22-4/h5-9H,1-4H3,(H2,16,18). The van der Waals surface area contributed by atoms with E-state index in [1.807, 2.05) is 38.1 Å². The largest absolute Gasteiger partial charge is 0.465 e. The Morgan fingerprint density at radius 1 is 1.45 bits per heavy atom. The summed E-state index contributed by atoms with van der Waals surface area (Å²) in [5, 5.41) is 4.24. The van der Waals surface area contributed by atoms with Crippen molar-refractivity contribution < 1.29 is 9.53 Å². The van der Waals surface area contributed by atoms with Gasteiger partial charge in [0.05, 0.1) is 36.5 Å². The highest BCUT2D eigenvalue weighted by atomic mass is 16.5. The van der Waals surface area contributed by atoms with E-state index in [1.54, 1.807) is 18.5 Å². The molecule has 7 heteroatoms. The molecule has 0 fully saturated rings. The van der Waals surface area contributed by atoms with Gasteiger partial charge in [0.1, 0.15) is 0 Å². The van der Waals surface area contributed by atoms with Gasteiger partial charge in [0.15, 0.2) is 0 Å². The minimum Gasteiger partial charge on any atom is -0.465 e. The van der Waals surface area contributed by atoms with E-state index in [2.05, 4.69) is 10.1 Å². The minimum atomic E-state index is -0.392. The number of rotatable bonds is 4. The maximum Gasteiger partial charge on any atom is 0.339 e. The number of hydrogen-bond acceptors (Lipinski definition) is 6. The van der Waals surface area contributed by atoms with E-state index >= 15 is 0 Å². The first-order valence-electron chi connectivity index (χ1n) is 6.68. The molecule has 0 aliphatic rings. The topological polar surface area (TPSA) is 85.7 Å². The lowest BCUT2D eigenvalue weighted by atomic mass is 10.1. The molecule has 0 spiro atoms. The number of carbonyl (C=O) groups is 1. The van der Waals surface area contributed by atoms with Crippen molar-refractivity contribution in [1.29, 1.82) is 0 Å². The van der Waals surface area contributed by atoms with Gasteiger partial charge in [-0.1, -0.05) is 6.07 Å². The normalized spacial score (nSPS) is 10.9. The van der Waals surface area contributed by atoms with E-state index in [1.165, 1.54) is 11.8 Å². The van der Waals surface area contributed by atoms with Crippen molar-refractivity contribution >= 4 is 23.8 Å². The molecule has 2 rings (SSSR count). The van der Waals surface area contributed by atoms with Crippen molar-refractivity contribution in [2.45, 2.75) is 6.92 Å². The number of aryl methyl sites for hydroxylation is 1. The Bertz CT molecular complexity index is 719. The summed E-state index contributed by atoms with van der Waals surface area (Å²) in [5.74, 6) is -0.0798. The monoisotopic (exact) mass is 301 g/mol. The van der Waals surface area contributed by atoms with Gasteiger partial charge in [0.25, 0.3) is 0 Å². The molecular formula is C15H19N5O2. The van der Waals surface area contributed by atoms with Gasteiger partial charge in [-0.05, 0) is 24.6 Å². The van der Waals surface area contributed by atoms with E-state index in [0.29, 0.717) is 11.5 Å². The third kappa shape index (κ3) is 3.25. The van der Waals surface area contributed by atoms with Gasteiger partial charge in [0, 0.05) is 14.1 Å². The summed E-state index contributed by atoms with van der Waals surface area (Å²) in [4.78, 5) is 17.8. The van der Waals surface area contributed by atoms with E-state index < -0.39 is 5.97 Å². The average Bonchev–Trinajstić information content (AvgIpc) is 2.81. The first kappa shape index (κ1) is 15.6. The zero-order chi connectivity index (χ0) is 16.3. The lowest BCUT2D eigenvalue weighted by molar-refractivity contribution is 0.0601. The maximum absolute atomic E-state index is 11.9. The highest BCUT2D eigenvalue weighted by molar-refractivity contribution is 5.98. The molecule has 22 heavy (non-hydrogen) atoms. The van der Waals surface area contributed by atoms with Crippen LogP contribution < -0.4 is 10.6 Å². The zero-order valence-electron chi connectivity index (χ0n) is 13.1. The van der Waals surface area contributed by atoms with E-state index in [-0.39, 0.29) is 0 Å². The second kappa shape index (κ2) is 6.30. The Hall–Kier alpha value is -2.83. The number of anilines is 2. The van der Waals surface area contributed by atoms with Crippen LogP contribution >= 0.6 is 0 Å². The van der Waals surface area contributed by atoms with Crippen molar-refractivity contribution in [2.75, 3.05) is 31.8 Å². The molecule has 0 unspecified atom stereocenters. The molecule has 0 aliphatic heterocycles. The Balaban J connectivity index is 2.36. The molecule has 0 amide bonds. The van der Waals surface area contributed by atoms with Crippen molar-refractivity contribution in [2.24, 2.45) is 5.10 Å². The van der Waals surface area contributed by atoms with E-state index in [9.17, 15) is 4.79 Å². The number of nitrogen functional groups attached to an aromatic ring is 1. The Kier molecular flexibility index (Phi) is 4.45. The van der Waals surface area contributed by atoms with Crippen molar-refractivity contribution in [1.82, 2.24) is 9.66 Å². The number of ether oxygens (including phenoxy) is 1. The van der Waals surface area contributed by atoms with Gasteiger partial charge >= 0.3 is 5.97 Å². The predicted molar refractivity (Wildman–Crippen MR) is 86.5 cm³/mol. The SMILES string of the molecule is COC(=O)c1cc(C=Nn2cc(C)nc2N)ccc1N(C)C. The number of imidazole rings is 1. The first-order chi connectivity index (χ1) is 10.4. The van der Waals surface area contributed by atoms with Crippen LogP contribution in [0.15, 0.2) is 29.5 Å². The Labute approximate surface area is 129 Å². The highest BCUT2D eigenvalue weighted by Crippen LogP contribution is 2.20. The number of nitrogens with two attached hydrogens (primary N) is 1. The van der Waals surface area contributed by atoms with Crippen LogP contribution in [-0.4, -0.2) is 43.0 Å². The second-order valence-electron chi connectivity index (χ2n) is 4.99. The molecule has 0 saturated carbocycles. The fourth-order valence-corrected chi connectivity index (χ4v) is 2.02. The van der Waals surface area contributed by atoms with Crippen LogP contribution in [0.3, 0.4) is 0 Å². The Morgan fingerprint density at radius 2 is 2.18 bits per heavy atom. The molecule has 7 nitrogen and oxygen atoms in total. The summed E-state index contributed by atoms with van der Waals surface area (Å²) < 4.78 is 6.30. The van der Waals surface area contributed by atoms with Gasteiger partial charge in [-0.25, -0.2) is 14.5 Å². The molecule has 0 saturated heterocycles. The van der Waals surface area contributed by atoms with Crippen LogP contribution in [0, 0.1) is 6.92 Å². The lowest BCUT2D eigenvalue weighted by Gasteiger charge is -2.16. The van der Waals surface area contributed by atoms with Crippen molar-refractivity contribution in [3.8, 4) is 0 Å². The van der Waals surface area contributed by atoms with Crippen LogP contribution in [0.2, 0.25) is 0 Å². The molecule has 0 atom stereocenters. The fraction of sp³-hybridized carbons (Fsp3) is 0.267. The molecule has 2 aromatic rings. The number of carbonyl (C=O) groups excluding carboxylic acids is 1. The summed E-state index contributed by atoms with van der Waals surface area (Å²) >= 11 is 0. The second-order valence-corrected chi connectivity index (χ2v) is 4.99. The van der Waals surface area contributed by atoms with Crippen LogP contribution in [0.25, 0.3) is 0 Å². The fourth-order valence-electron chi connectivity index (χ4n) is 2.02. The van der Waals surface area contributed by atoms with Gasteiger partial charge in [-0.15, -0.1) is 0 Å². The Morgan fingerprint density at radius 3 is 2.73 bits per heavy atom. The summed E-state index contributed by atoms with van der Waals surface area (Å²) in [6.45, 7) is 1.84. The maximum atomic E-state index is 11.9. The third-order valence-electron chi connectivity index (χ3n) is 3.07. The third-order valence-corrected chi connectivity index (χ3v) is 3.07. The number of methoxy groups -OCH3 is 1. The van der Waals surface area contributed by atoms with Gasteiger partial charge in [-0.2, -0.15) is 5.10 Å². The average molecular weight is 301 g/mol. The number of aromatic nitrogens is 2. The first-order valence-corrected chi connectivity index (χ1v) is 6.68. The summed E-state index contributed by atoms with van der Waals surface area (Å²) in [6.07, 6.45) is 3.34. The molecule has 1 aromatic carbocycles. The molecular weight excluding hydrogens is 282 g/mol. The lowest BCUT2D eigenvalue weighted by Crippen LogP contribution is -2.15. The quantitative estimate of drug-likeness (QED) is 0.683. The molecule has 116 valence electrons. The summed E-state index contributed by atoms with van der Waals surface area (Å²) in [5.41, 5.74) is 8.53. The molecule has 0 aliphatic carbocycles. The van der Waals surface area contributed by atoms with Crippen LogP contribution in [0.1, 0.15) is 21.6 Å². The zero-order valence-corrected chi connectivity index (χ0v) is 13.1. The molecule has 0 radical (unpaired) electrons. The number of hydrogen-bond donors (Lipinski definition) is 1. The van der Waals surface area contributed by atoms with E-state index in [4.69, 9.17) is 10.5 Å². The summed E-state index contributed by atoms with van der Waals surface area (Å²) in [6, 6.07) is 5.44. The predicted octanol–water partition coefficient (Wildman–Crippen LogP) is 1.51. The number of esters is 1. The van der Waals surface area contributed by atoms with Gasteiger partial charge in [-0.3, -0.25) is 0 Å². The van der Waals surface area contributed by atoms with E-state index in [0.717, 1.165) is 16.9 Å². The van der Waals surface area contributed by atoms with Gasteiger partial charge in [0.2, 0.25) is 5.95 Å². The molecule has 2 N–H and O–H groups in total. The summed E-state index contributed by atoms with van der Waals surface area (Å²) in [7, 11) is 5.09. The molecule has 0 bridgehead atoms. The number of nitrogens with zero attached hydrogens (tertiary/aromatic N) is 4.